The smallest absolute Gasteiger partial charge is 0.147 e. The van der Waals surface area contributed by atoms with E-state index in [1.165, 1.54) is 0 Å². The van der Waals surface area contributed by atoms with Crippen molar-refractivity contribution in [3.63, 3.8) is 0 Å². The van der Waals surface area contributed by atoms with Crippen LogP contribution in [0.1, 0.15) is 6.92 Å². The van der Waals surface area contributed by atoms with E-state index in [9.17, 15) is 0 Å². The monoisotopic (exact) mass is 291 g/mol. The van der Waals surface area contributed by atoms with Crippen LogP contribution >= 0.6 is 15.9 Å². The van der Waals surface area contributed by atoms with Crippen molar-refractivity contribution in [3.8, 4) is 0 Å². The second-order valence-electron chi connectivity index (χ2n) is 3.65. The van der Waals surface area contributed by atoms with Crippen molar-refractivity contribution in [1.82, 2.24) is 4.98 Å². The Hall–Kier alpha value is -1.55. The Morgan fingerprint density at radius 2 is 2.00 bits per heavy atom. The van der Waals surface area contributed by atoms with E-state index in [0.29, 0.717) is 5.69 Å². The summed E-state index contributed by atoms with van der Waals surface area (Å²) in [7, 11) is 0. The summed E-state index contributed by atoms with van der Waals surface area (Å²) in [5.74, 6) is 0.882. The van der Waals surface area contributed by atoms with Gasteiger partial charge in [-0.2, -0.15) is 0 Å². The second kappa shape index (κ2) is 5.19. The third kappa shape index (κ3) is 2.58. The number of nitrogen functional groups attached to an aromatic ring is 1. The van der Waals surface area contributed by atoms with Gasteiger partial charge in [0.15, 0.2) is 0 Å². The van der Waals surface area contributed by atoms with Crippen molar-refractivity contribution in [1.29, 1.82) is 0 Å². The van der Waals surface area contributed by atoms with Crippen molar-refractivity contribution in [2.45, 2.75) is 6.92 Å². The highest BCUT2D eigenvalue weighted by Gasteiger charge is 2.11. The molecule has 1 aromatic heterocycles. The molecule has 4 heteroatoms. The second-order valence-corrected chi connectivity index (χ2v) is 4.51. The van der Waals surface area contributed by atoms with Gasteiger partial charge in [0, 0.05) is 12.2 Å². The van der Waals surface area contributed by atoms with Crippen molar-refractivity contribution < 1.29 is 0 Å². The first-order valence-electron chi connectivity index (χ1n) is 5.46. The zero-order valence-corrected chi connectivity index (χ0v) is 11.2. The lowest BCUT2D eigenvalue weighted by molar-refractivity contribution is 0.985. The molecule has 2 N–H and O–H groups in total. The third-order valence-electron chi connectivity index (χ3n) is 2.48. The van der Waals surface area contributed by atoms with E-state index in [1.54, 1.807) is 6.20 Å². The first kappa shape index (κ1) is 11.9. The van der Waals surface area contributed by atoms with Crippen LogP contribution in [-0.2, 0) is 0 Å². The van der Waals surface area contributed by atoms with Crippen molar-refractivity contribution >= 4 is 33.1 Å². The summed E-state index contributed by atoms with van der Waals surface area (Å²) < 4.78 is 0.906. The fraction of sp³-hybridized carbons (Fsp3) is 0.154. The maximum absolute atomic E-state index is 5.70. The van der Waals surface area contributed by atoms with Gasteiger partial charge in [-0.1, -0.05) is 18.2 Å². The molecule has 0 fully saturated rings. The summed E-state index contributed by atoms with van der Waals surface area (Å²) >= 11 is 3.50. The predicted molar refractivity (Wildman–Crippen MR) is 75.5 cm³/mol. The Balaban J connectivity index is 2.42. The van der Waals surface area contributed by atoms with Crippen LogP contribution in [0.2, 0.25) is 0 Å². The van der Waals surface area contributed by atoms with Gasteiger partial charge in [-0.25, -0.2) is 4.98 Å². The molecule has 1 aromatic carbocycles. The fourth-order valence-electron chi connectivity index (χ4n) is 1.71. The van der Waals surface area contributed by atoms with Gasteiger partial charge in [0.05, 0.1) is 16.4 Å². The number of aromatic nitrogens is 1. The van der Waals surface area contributed by atoms with E-state index >= 15 is 0 Å². The van der Waals surface area contributed by atoms with E-state index < -0.39 is 0 Å². The van der Waals surface area contributed by atoms with Gasteiger partial charge < -0.3 is 10.6 Å². The average Bonchev–Trinajstić information content (AvgIpc) is 2.34. The lowest BCUT2D eigenvalue weighted by Crippen LogP contribution is -2.17. The number of nitrogens with zero attached hydrogens (tertiary/aromatic N) is 2. The molecule has 2 aromatic rings. The summed E-state index contributed by atoms with van der Waals surface area (Å²) in [5, 5.41) is 0. The van der Waals surface area contributed by atoms with Crippen molar-refractivity contribution in [3.05, 3.63) is 47.1 Å². The zero-order valence-electron chi connectivity index (χ0n) is 9.60. The molecule has 3 nitrogen and oxygen atoms in total. The van der Waals surface area contributed by atoms with Crippen molar-refractivity contribution in [2.75, 3.05) is 17.2 Å². The molecule has 0 bridgehead atoms. The summed E-state index contributed by atoms with van der Waals surface area (Å²) in [5.41, 5.74) is 7.47. The number of halogens is 1. The van der Waals surface area contributed by atoms with Crippen LogP contribution in [0.15, 0.2) is 47.1 Å². The SMILES string of the molecule is CCN(c1ccccc1)c1ncc(N)cc1Br. The van der Waals surface area contributed by atoms with Gasteiger partial charge in [0.1, 0.15) is 5.82 Å². The maximum atomic E-state index is 5.70. The summed E-state index contributed by atoms with van der Waals surface area (Å²) in [6.45, 7) is 2.94. The molecule has 0 aliphatic heterocycles. The third-order valence-corrected chi connectivity index (χ3v) is 3.07. The summed E-state index contributed by atoms with van der Waals surface area (Å²) in [4.78, 5) is 6.51. The largest absolute Gasteiger partial charge is 0.397 e. The molecule has 0 saturated heterocycles. The van der Waals surface area contributed by atoms with E-state index in [1.807, 2.05) is 24.3 Å². The van der Waals surface area contributed by atoms with Gasteiger partial charge in [-0.3, -0.25) is 0 Å². The van der Waals surface area contributed by atoms with Crippen LogP contribution in [0.25, 0.3) is 0 Å². The number of para-hydroxylation sites is 1. The van der Waals surface area contributed by atoms with Gasteiger partial charge in [-0.15, -0.1) is 0 Å². The highest BCUT2D eigenvalue weighted by atomic mass is 79.9. The summed E-state index contributed by atoms with van der Waals surface area (Å²) in [6.07, 6.45) is 1.67. The molecular weight excluding hydrogens is 278 g/mol. The Bertz CT molecular complexity index is 499. The van der Waals surface area contributed by atoms with Gasteiger partial charge in [0.2, 0.25) is 0 Å². The maximum Gasteiger partial charge on any atom is 0.147 e. The first-order chi connectivity index (χ1) is 8.22. The van der Waals surface area contributed by atoms with Crippen molar-refractivity contribution in [2.24, 2.45) is 0 Å². The van der Waals surface area contributed by atoms with E-state index in [4.69, 9.17) is 5.73 Å². The van der Waals surface area contributed by atoms with Gasteiger partial charge >= 0.3 is 0 Å². The average molecular weight is 292 g/mol. The number of anilines is 3. The molecule has 2 rings (SSSR count). The Kier molecular flexibility index (Phi) is 3.64. The Labute approximate surface area is 109 Å². The molecule has 88 valence electrons. The van der Waals surface area contributed by atoms with Crippen LogP contribution in [0.4, 0.5) is 17.2 Å². The van der Waals surface area contributed by atoms with Crippen LogP contribution in [0, 0.1) is 0 Å². The molecule has 0 spiro atoms. The minimum Gasteiger partial charge on any atom is -0.397 e. The number of pyridine rings is 1. The van der Waals surface area contributed by atoms with Crippen LogP contribution < -0.4 is 10.6 Å². The normalized spacial score (nSPS) is 10.2. The molecule has 0 saturated carbocycles. The molecule has 0 radical (unpaired) electrons. The highest BCUT2D eigenvalue weighted by Crippen LogP contribution is 2.30. The van der Waals surface area contributed by atoms with Gasteiger partial charge in [-0.05, 0) is 41.1 Å². The molecule has 0 unspecified atom stereocenters. The van der Waals surface area contributed by atoms with E-state index in [-0.39, 0.29) is 0 Å². The standard InChI is InChI=1S/C13H14BrN3/c1-2-17(11-6-4-3-5-7-11)13-12(14)8-10(15)9-16-13/h3-9H,2,15H2,1H3. The lowest BCUT2D eigenvalue weighted by Gasteiger charge is -2.23. The number of nitrogens with two attached hydrogens (primary N) is 1. The fourth-order valence-corrected chi connectivity index (χ4v) is 2.29. The highest BCUT2D eigenvalue weighted by molar-refractivity contribution is 9.10. The van der Waals surface area contributed by atoms with E-state index in [0.717, 1.165) is 22.5 Å². The molecule has 0 aliphatic carbocycles. The topological polar surface area (TPSA) is 42.2 Å². The molecule has 17 heavy (non-hydrogen) atoms. The minimum atomic E-state index is 0.657. The molecule has 1 heterocycles. The molecular formula is C13H14BrN3. The van der Waals surface area contributed by atoms with E-state index in [2.05, 4.69) is 44.9 Å². The number of rotatable bonds is 3. The zero-order chi connectivity index (χ0) is 12.3. The lowest BCUT2D eigenvalue weighted by atomic mass is 10.3. The first-order valence-corrected chi connectivity index (χ1v) is 6.25. The number of benzene rings is 1. The Morgan fingerprint density at radius 1 is 1.29 bits per heavy atom. The quantitative estimate of drug-likeness (QED) is 0.940. The molecule has 0 atom stereocenters. The summed E-state index contributed by atoms with van der Waals surface area (Å²) in [6, 6.07) is 12.0. The molecule has 0 amide bonds. The number of hydrogen-bond acceptors (Lipinski definition) is 3. The minimum absolute atomic E-state index is 0.657. The van der Waals surface area contributed by atoms with Crippen LogP contribution in [0.5, 0.6) is 0 Å². The number of hydrogen-bond donors (Lipinski definition) is 1. The molecule has 0 aliphatic rings. The van der Waals surface area contributed by atoms with Crippen LogP contribution in [-0.4, -0.2) is 11.5 Å². The van der Waals surface area contributed by atoms with Crippen LogP contribution in [0.3, 0.4) is 0 Å². The Morgan fingerprint density at radius 3 is 2.59 bits per heavy atom. The predicted octanol–water partition coefficient (Wildman–Crippen LogP) is 3.58. The van der Waals surface area contributed by atoms with Gasteiger partial charge in [0.25, 0.3) is 0 Å².